The molecule has 2 N–H and O–H groups in total. The summed E-state index contributed by atoms with van der Waals surface area (Å²) in [6.45, 7) is 2.98. The van der Waals surface area contributed by atoms with Gasteiger partial charge in [0.05, 0.1) is 18.0 Å². The molecule has 1 unspecified atom stereocenters. The predicted molar refractivity (Wildman–Crippen MR) is 97.6 cm³/mol. The molecule has 0 amide bonds. The molecule has 24 heavy (non-hydrogen) atoms. The van der Waals surface area contributed by atoms with Crippen LogP contribution in [0.2, 0.25) is 0 Å². The second-order valence-electron chi connectivity index (χ2n) is 6.72. The van der Waals surface area contributed by atoms with Crippen molar-refractivity contribution in [3.05, 3.63) is 58.4 Å². The number of nitrogens with one attached hydrogen (secondary N) is 1. The van der Waals surface area contributed by atoms with Gasteiger partial charge in [-0.25, -0.2) is 4.98 Å². The van der Waals surface area contributed by atoms with Gasteiger partial charge < -0.3 is 10.4 Å². The van der Waals surface area contributed by atoms with Crippen LogP contribution in [0.15, 0.2) is 35.8 Å². The summed E-state index contributed by atoms with van der Waals surface area (Å²) in [6.07, 6.45) is 5.44. The summed E-state index contributed by atoms with van der Waals surface area (Å²) in [4.78, 5) is 5.89. The van der Waals surface area contributed by atoms with E-state index in [9.17, 15) is 5.11 Å². The average molecular weight is 341 g/mol. The Hall–Kier alpha value is -1.69. The van der Waals surface area contributed by atoms with Crippen LogP contribution in [0.4, 0.5) is 0 Å². The second kappa shape index (κ2) is 6.67. The summed E-state index contributed by atoms with van der Waals surface area (Å²) in [5, 5.41) is 15.4. The zero-order valence-electron chi connectivity index (χ0n) is 13.9. The van der Waals surface area contributed by atoms with E-state index in [1.807, 2.05) is 0 Å². The molecule has 0 radical (unpaired) electrons. The molecule has 4 rings (SSSR count). The van der Waals surface area contributed by atoms with Crippen molar-refractivity contribution in [3.8, 4) is 0 Å². The maximum atomic E-state index is 9.75. The Labute approximate surface area is 146 Å². The molecular formula is C19H23N3OS. The molecule has 1 atom stereocenters. The van der Waals surface area contributed by atoms with Gasteiger partial charge in [-0.05, 0) is 31.7 Å². The third kappa shape index (κ3) is 3.24. The topological polar surface area (TPSA) is 49.6 Å². The van der Waals surface area contributed by atoms with Gasteiger partial charge in [0.25, 0.3) is 0 Å². The summed E-state index contributed by atoms with van der Waals surface area (Å²) >= 11 is 1.69. The van der Waals surface area contributed by atoms with Gasteiger partial charge in [0.15, 0.2) is 4.96 Å². The standard InChI is InChI=1S/C19H23N3OS/c1-13-2-4-14(5-3-13)10-16(12-23)20-11-17-18(15-6-7-15)21-19-22(17)8-9-24-19/h2-5,8-9,15-16,20,23H,6-7,10-12H2,1H3. The summed E-state index contributed by atoms with van der Waals surface area (Å²) in [5.41, 5.74) is 5.03. The summed E-state index contributed by atoms with van der Waals surface area (Å²) in [5.74, 6) is 0.638. The van der Waals surface area contributed by atoms with Crippen LogP contribution in [0.3, 0.4) is 0 Å². The summed E-state index contributed by atoms with van der Waals surface area (Å²) < 4.78 is 2.20. The van der Waals surface area contributed by atoms with Crippen molar-refractivity contribution in [1.82, 2.24) is 14.7 Å². The molecule has 0 bridgehead atoms. The van der Waals surface area contributed by atoms with Crippen molar-refractivity contribution in [2.24, 2.45) is 0 Å². The Kier molecular flexibility index (Phi) is 4.39. The number of hydrogen-bond acceptors (Lipinski definition) is 4. The van der Waals surface area contributed by atoms with E-state index in [0.717, 1.165) is 17.9 Å². The lowest BCUT2D eigenvalue weighted by Gasteiger charge is -2.17. The average Bonchev–Trinajstić information content (AvgIpc) is 3.23. The minimum Gasteiger partial charge on any atom is -0.395 e. The van der Waals surface area contributed by atoms with Gasteiger partial charge in [-0.15, -0.1) is 11.3 Å². The number of hydrogen-bond donors (Lipinski definition) is 2. The highest BCUT2D eigenvalue weighted by atomic mass is 32.1. The number of imidazole rings is 1. The molecule has 1 fully saturated rings. The number of aliphatic hydroxyl groups is 1. The zero-order valence-corrected chi connectivity index (χ0v) is 14.7. The van der Waals surface area contributed by atoms with Crippen LogP contribution in [-0.4, -0.2) is 27.1 Å². The molecule has 2 aromatic heterocycles. The number of nitrogens with zero attached hydrogens (tertiary/aromatic N) is 2. The maximum Gasteiger partial charge on any atom is 0.194 e. The van der Waals surface area contributed by atoms with Gasteiger partial charge in [0, 0.05) is 30.1 Å². The van der Waals surface area contributed by atoms with Crippen LogP contribution in [0, 0.1) is 6.92 Å². The van der Waals surface area contributed by atoms with Crippen molar-refractivity contribution in [1.29, 1.82) is 0 Å². The monoisotopic (exact) mass is 341 g/mol. The number of benzene rings is 1. The Morgan fingerprint density at radius 2 is 2.12 bits per heavy atom. The molecule has 1 saturated carbocycles. The largest absolute Gasteiger partial charge is 0.395 e. The first-order chi connectivity index (χ1) is 11.7. The molecule has 0 saturated heterocycles. The van der Waals surface area contributed by atoms with Gasteiger partial charge in [0.2, 0.25) is 0 Å². The quantitative estimate of drug-likeness (QED) is 0.693. The van der Waals surface area contributed by atoms with Crippen LogP contribution >= 0.6 is 11.3 Å². The fourth-order valence-corrected chi connectivity index (χ4v) is 3.90. The van der Waals surface area contributed by atoms with Crippen LogP contribution < -0.4 is 5.32 Å². The Balaban J connectivity index is 1.47. The Morgan fingerprint density at radius 1 is 1.33 bits per heavy atom. The van der Waals surface area contributed by atoms with E-state index in [-0.39, 0.29) is 12.6 Å². The van der Waals surface area contributed by atoms with E-state index in [2.05, 4.69) is 52.5 Å². The van der Waals surface area contributed by atoms with Crippen LogP contribution in [0.5, 0.6) is 0 Å². The van der Waals surface area contributed by atoms with Crippen molar-refractivity contribution >= 4 is 16.3 Å². The molecular weight excluding hydrogens is 318 g/mol. The SMILES string of the molecule is Cc1ccc(CC(CO)NCc2c(C3CC3)nc3sccn23)cc1. The summed E-state index contributed by atoms with van der Waals surface area (Å²) in [7, 11) is 0. The van der Waals surface area contributed by atoms with Crippen LogP contribution in [-0.2, 0) is 13.0 Å². The smallest absolute Gasteiger partial charge is 0.194 e. The van der Waals surface area contributed by atoms with Crippen molar-refractivity contribution in [3.63, 3.8) is 0 Å². The number of thiazole rings is 1. The third-order valence-corrected chi connectivity index (χ3v) is 5.49. The van der Waals surface area contributed by atoms with E-state index in [4.69, 9.17) is 4.98 Å². The molecule has 3 aromatic rings. The molecule has 126 valence electrons. The lowest BCUT2D eigenvalue weighted by Crippen LogP contribution is -2.34. The molecule has 1 aliphatic carbocycles. The third-order valence-electron chi connectivity index (χ3n) is 4.74. The minimum atomic E-state index is 0.0592. The van der Waals surface area contributed by atoms with E-state index >= 15 is 0 Å². The van der Waals surface area contributed by atoms with Gasteiger partial charge in [0.1, 0.15) is 0 Å². The molecule has 5 heteroatoms. The Bertz CT molecular complexity index is 817. The lowest BCUT2D eigenvalue weighted by molar-refractivity contribution is 0.240. The first kappa shape index (κ1) is 15.8. The van der Waals surface area contributed by atoms with Crippen LogP contribution in [0.25, 0.3) is 4.96 Å². The lowest BCUT2D eigenvalue weighted by atomic mass is 10.0. The van der Waals surface area contributed by atoms with Gasteiger partial charge >= 0.3 is 0 Å². The highest BCUT2D eigenvalue weighted by Crippen LogP contribution is 2.41. The number of aryl methyl sites for hydroxylation is 1. The highest BCUT2D eigenvalue weighted by molar-refractivity contribution is 7.15. The first-order valence-corrected chi connectivity index (χ1v) is 9.46. The van der Waals surface area contributed by atoms with Gasteiger partial charge in [-0.2, -0.15) is 0 Å². The summed E-state index contributed by atoms with van der Waals surface area (Å²) in [6, 6.07) is 8.60. The molecule has 2 heterocycles. The van der Waals surface area contributed by atoms with E-state index in [1.54, 1.807) is 11.3 Å². The van der Waals surface area contributed by atoms with Gasteiger partial charge in [-0.3, -0.25) is 4.40 Å². The zero-order chi connectivity index (χ0) is 16.5. The molecule has 1 aromatic carbocycles. The number of rotatable bonds is 7. The van der Waals surface area contributed by atoms with Crippen molar-refractivity contribution in [2.45, 2.75) is 44.7 Å². The molecule has 0 aliphatic heterocycles. The van der Waals surface area contributed by atoms with E-state index < -0.39 is 0 Å². The molecule has 0 spiro atoms. The Morgan fingerprint density at radius 3 is 2.83 bits per heavy atom. The van der Waals surface area contributed by atoms with Crippen molar-refractivity contribution in [2.75, 3.05) is 6.61 Å². The van der Waals surface area contributed by atoms with Crippen molar-refractivity contribution < 1.29 is 5.11 Å². The molecule has 4 nitrogen and oxygen atoms in total. The molecule has 1 aliphatic rings. The van der Waals surface area contributed by atoms with Gasteiger partial charge in [-0.1, -0.05) is 29.8 Å². The fourth-order valence-electron chi connectivity index (χ4n) is 3.16. The van der Waals surface area contributed by atoms with E-state index in [0.29, 0.717) is 5.92 Å². The minimum absolute atomic E-state index is 0.0592. The first-order valence-electron chi connectivity index (χ1n) is 8.58. The predicted octanol–water partition coefficient (Wildman–Crippen LogP) is 3.27. The number of fused-ring (bicyclic) bond motifs is 1. The number of aliphatic hydroxyl groups excluding tert-OH is 1. The van der Waals surface area contributed by atoms with Crippen LogP contribution in [0.1, 0.15) is 41.3 Å². The second-order valence-corrected chi connectivity index (χ2v) is 7.60. The highest BCUT2D eigenvalue weighted by Gasteiger charge is 2.30. The van der Waals surface area contributed by atoms with E-state index in [1.165, 1.54) is 35.4 Å². The maximum absolute atomic E-state index is 9.75. The normalized spacial score (nSPS) is 15.9. The number of aromatic nitrogens is 2. The fraction of sp³-hybridized carbons (Fsp3) is 0.421.